The van der Waals surface area contributed by atoms with Gasteiger partial charge in [-0.15, -0.1) is 0 Å². The van der Waals surface area contributed by atoms with Crippen molar-refractivity contribution >= 4 is 11.8 Å². The summed E-state index contributed by atoms with van der Waals surface area (Å²) in [5.41, 5.74) is 1.76. The molecule has 2 N–H and O–H groups in total. The van der Waals surface area contributed by atoms with Crippen LogP contribution in [0, 0.1) is 5.41 Å². The lowest BCUT2D eigenvalue weighted by atomic mass is 9.73. The Labute approximate surface area is 154 Å². The molecule has 6 heteroatoms. The van der Waals surface area contributed by atoms with Crippen molar-refractivity contribution in [3.8, 4) is 0 Å². The maximum atomic E-state index is 12.8. The second-order valence-corrected chi connectivity index (χ2v) is 7.61. The Bertz CT molecular complexity index is 646. The quantitative estimate of drug-likeness (QED) is 0.819. The first-order chi connectivity index (χ1) is 12.5. The highest BCUT2D eigenvalue weighted by Crippen LogP contribution is 2.38. The summed E-state index contributed by atoms with van der Waals surface area (Å²) in [6.07, 6.45) is 3.67. The Morgan fingerprint density at radius 1 is 1.08 bits per heavy atom. The SMILES string of the molecule is O=C1CC[C@@]2(CCCN(C(=O)Cc3ccc(CO)cc3)C2)CN1CCO. The van der Waals surface area contributed by atoms with Crippen LogP contribution < -0.4 is 0 Å². The first-order valence-electron chi connectivity index (χ1n) is 9.40. The molecule has 2 heterocycles. The fourth-order valence-electron chi connectivity index (χ4n) is 4.23. The normalized spacial score (nSPS) is 23.5. The second kappa shape index (κ2) is 8.18. The van der Waals surface area contributed by atoms with Crippen molar-refractivity contribution in [1.29, 1.82) is 0 Å². The van der Waals surface area contributed by atoms with Crippen LogP contribution in [0.25, 0.3) is 0 Å². The van der Waals surface area contributed by atoms with Crippen LogP contribution in [0.1, 0.15) is 36.8 Å². The number of benzene rings is 1. The van der Waals surface area contributed by atoms with Gasteiger partial charge in [0.05, 0.1) is 19.6 Å². The monoisotopic (exact) mass is 360 g/mol. The van der Waals surface area contributed by atoms with E-state index in [1.54, 1.807) is 4.90 Å². The van der Waals surface area contributed by atoms with E-state index >= 15 is 0 Å². The largest absolute Gasteiger partial charge is 0.395 e. The Morgan fingerprint density at radius 2 is 1.81 bits per heavy atom. The van der Waals surface area contributed by atoms with Gasteiger partial charge < -0.3 is 20.0 Å². The maximum absolute atomic E-state index is 12.8. The molecule has 0 aromatic heterocycles. The molecule has 1 aromatic rings. The molecule has 0 aliphatic carbocycles. The third-order valence-corrected chi connectivity index (χ3v) is 5.69. The number of nitrogens with zero attached hydrogens (tertiary/aromatic N) is 2. The summed E-state index contributed by atoms with van der Waals surface area (Å²) in [4.78, 5) is 28.5. The van der Waals surface area contributed by atoms with E-state index in [9.17, 15) is 14.7 Å². The molecule has 2 aliphatic heterocycles. The lowest BCUT2D eigenvalue weighted by molar-refractivity contribution is -0.143. The van der Waals surface area contributed by atoms with E-state index in [4.69, 9.17) is 5.11 Å². The van der Waals surface area contributed by atoms with Gasteiger partial charge in [-0.05, 0) is 30.4 Å². The summed E-state index contributed by atoms with van der Waals surface area (Å²) < 4.78 is 0. The zero-order valence-corrected chi connectivity index (χ0v) is 15.2. The molecule has 0 saturated carbocycles. The van der Waals surface area contributed by atoms with Crippen molar-refractivity contribution in [2.24, 2.45) is 5.41 Å². The highest BCUT2D eigenvalue weighted by Gasteiger charge is 2.42. The molecule has 1 spiro atoms. The smallest absolute Gasteiger partial charge is 0.227 e. The number of hydrogen-bond donors (Lipinski definition) is 2. The minimum absolute atomic E-state index is 0.00588. The molecule has 0 unspecified atom stereocenters. The number of aliphatic hydroxyl groups is 2. The van der Waals surface area contributed by atoms with Crippen LogP contribution in [-0.4, -0.2) is 64.6 Å². The van der Waals surface area contributed by atoms with Gasteiger partial charge in [0.2, 0.25) is 11.8 Å². The van der Waals surface area contributed by atoms with Gasteiger partial charge in [-0.25, -0.2) is 0 Å². The van der Waals surface area contributed by atoms with Crippen molar-refractivity contribution in [3.63, 3.8) is 0 Å². The van der Waals surface area contributed by atoms with Gasteiger partial charge in [0.15, 0.2) is 0 Å². The number of likely N-dealkylation sites (tertiary alicyclic amines) is 2. The highest BCUT2D eigenvalue weighted by atomic mass is 16.3. The topological polar surface area (TPSA) is 81.1 Å². The molecule has 1 atom stereocenters. The van der Waals surface area contributed by atoms with Crippen molar-refractivity contribution in [3.05, 3.63) is 35.4 Å². The number of amides is 2. The van der Waals surface area contributed by atoms with E-state index in [1.807, 2.05) is 29.2 Å². The molecule has 2 saturated heterocycles. The minimum atomic E-state index is -0.0300. The lowest BCUT2D eigenvalue weighted by Gasteiger charge is -2.48. The van der Waals surface area contributed by atoms with E-state index in [0.717, 1.165) is 36.9 Å². The molecule has 6 nitrogen and oxygen atoms in total. The van der Waals surface area contributed by atoms with Crippen molar-refractivity contribution < 1.29 is 19.8 Å². The summed E-state index contributed by atoms with van der Waals surface area (Å²) in [6.45, 7) is 2.46. The average molecular weight is 360 g/mol. The van der Waals surface area contributed by atoms with E-state index in [1.165, 1.54) is 0 Å². The predicted octanol–water partition coefficient (Wildman–Crippen LogP) is 0.945. The minimum Gasteiger partial charge on any atom is -0.395 e. The van der Waals surface area contributed by atoms with Gasteiger partial charge >= 0.3 is 0 Å². The van der Waals surface area contributed by atoms with Crippen LogP contribution >= 0.6 is 0 Å². The molecule has 1 aromatic carbocycles. The van der Waals surface area contributed by atoms with E-state index in [2.05, 4.69) is 0 Å². The zero-order valence-electron chi connectivity index (χ0n) is 15.2. The third-order valence-electron chi connectivity index (χ3n) is 5.69. The fourth-order valence-corrected chi connectivity index (χ4v) is 4.23. The van der Waals surface area contributed by atoms with Crippen LogP contribution in [-0.2, 0) is 22.6 Å². The number of carbonyl (C=O) groups is 2. The second-order valence-electron chi connectivity index (χ2n) is 7.61. The Kier molecular flexibility index (Phi) is 5.94. The van der Waals surface area contributed by atoms with Gasteiger partial charge in [0, 0.05) is 38.0 Å². The molecular weight excluding hydrogens is 332 g/mol. The first kappa shape index (κ1) is 18.9. The maximum Gasteiger partial charge on any atom is 0.227 e. The summed E-state index contributed by atoms with van der Waals surface area (Å²) >= 11 is 0. The van der Waals surface area contributed by atoms with Crippen LogP contribution in [0.2, 0.25) is 0 Å². The van der Waals surface area contributed by atoms with Crippen LogP contribution in [0.4, 0.5) is 0 Å². The van der Waals surface area contributed by atoms with Gasteiger partial charge in [0.25, 0.3) is 0 Å². The average Bonchev–Trinajstić information content (AvgIpc) is 2.66. The number of hydrogen-bond acceptors (Lipinski definition) is 4. The van der Waals surface area contributed by atoms with Crippen LogP contribution in [0.5, 0.6) is 0 Å². The van der Waals surface area contributed by atoms with Crippen molar-refractivity contribution in [2.75, 3.05) is 32.8 Å². The summed E-state index contributed by atoms with van der Waals surface area (Å²) in [7, 11) is 0. The number of rotatable bonds is 5. The molecule has 2 aliphatic rings. The molecule has 26 heavy (non-hydrogen) atoms. The van der Waals surface area contributed by atoms with Crippen LogP contribution in [0.15, 0.2) is 24.3 Å². The summed E-state index contributed by atoms with van der Waals surface area (Å²) in [5, 5.41) is 18.3. The van der Waals surface area contributed by atoms with Crippen molar-refractivity contribution in [1.82, 2.24) is 9.80 Å². The summed E-state index contributed by atoms with van der Waals surface area (Å²) in [5.74, 6) is 0.225. The predicted molar refractivity (Wildman–Crippen MR) is 97.2 cm³/mol. The molecular formula is C20H28N2O4. The molecule has 3 rings (SSSR count). The fraction of sp³-hybridized carbons (Fsp3) is 0.600. The van der Waals surface area contributed by atoms with Gasteiger partial charge in [-0.1, -0.05) is 24.3 Å². The van der Waals surface area contributed by atoms with E-state index in [0.29, 0.717) is 32.5 Å². The Balaban J connectivity index is 1.63. The van der Waals surface area contributed by atoms with E-state index in [-0.39, 0.29) is 30.4 Å². The molecule has 2 fully saturated rings. The number of carbonyl (C=O) groups excluding carboxylic acids is 2. The highest BCUT2D eigenvalue weighted by molar-refractivity contribution is 5.79. The number of aliphatic hydroxyl groups excluding tert-OH is 2. The number of β-amino-alcohol motifs (C(OH)–C–C–N with tert-alkyl or cyclic N) is 1. The Morgan fingerprint density at radius 3 is 2.50 bits per heavy atom. The zero-order chi connectivity index (χ0) is 18.6. The molecule has 0 bridgehead atoms. The third kappa shape index (κ3) is 4.24. The first-order valence-corrected chi connectivity index (χ1v) is 9.40. The van der Waals surface area contributed by atoms with Gasteiger partial charge in [-0.3, -0.25) is 9.59 Å². The van der Waals surface area contributed by atoms with Gasteiger partial charge in [0.1, 0.15) is 0 Å². The van der Waals surface area contributed by atoms with Crippen LogP contribution in [0.3, 0.4) is 0 Å². The van der Waals surface area contributed by atoms with Crippen molar-refractivity contribution in [2.45, 2.75) is 38.7 Å². The number of piperidine rings is 2. The lowest BCUT2D eigenvalue weighted by Crippen LogP contribution is -2.55. The molecule has 2 amide bonds. The summed E-state index contributed by atoms with van der Waals surface area (Å²) in [6, 6.07) is 7.48. The standard InChI is InChI=1S/C20H28N2O4/c23-11-10-22-15-20(8-6-18(22)25)7-1-9-21(14-20)19(26)12-16-2-4-17(13-24)5-3-16/h2-5,23-24H,1,6-15H2/t20-/m1/s1. The molecule has 142 valence electrons. The molecule has 0 radical (unpaired) electrons. The van der Waals surface area contributed by atoms with E-state index < -0.39 is 0 Å². The Hall–Kier alpha value is -1.92. The van der Waals surface area contributed by atoms with Gasteiger partial charge in [-0.2, -0.15) is 0 Å².